The fourth-order valence-corrected chi connectivity index (χ4v) is 7.22. The highest BCUT2D eigenvalue weighted by molar-refractivity contribution is 6.11. The molecule has 2 bridgehead atoms. The van der Waals surface area contributed by atoms with Gasteiger partial charge in [0.15, 0.2) is 5.78 Å². The van der Waals surface area contributed by atoms with Gasteiger partial charge >= 0.3 is 5.97 Å². The fraction of sp³-hybridized carbons (Fsp3) is 0.619. The van der Waals surface area contributed by atoms with Gasteiger partial charge in [0.1, 0.15) is 0 Å². The van der Waals surface area contributed by atoms with Gasteiger partial charge in [0, 0.05) is 36.7 Å². The summed E-state index contributed by atoms with van der Waals surface area (Å²) in [5.41, 5.74) is 3.31. The molecule has 0 aromatic heterocycles. The number of quaternary nitrogens is 1. The lowest BCUT2D eigenvalue weighted by Crippen LogP contribution is -3.15. The molecule has 0 radical (unpaired) electrons. The standard InChI is InChI=1S/C21H23NO4/c1-9-12-7-14-21(2)10(8-22(9)14)3-4-13(23)15-11-5-6-26-20(25)16(11)17(18(15)21)19(12)24/h9-10,12,14,24H,3-8H2,1-2H3/t9-,10+,12+,14+,21+/m1/s1. The molecule has 3 heterocycles. The number of rotatable bonds is 0. The van der Waals surface area contributed by atoms with Crippen LogP contribution in [0, 0.1) is 17.3 Å². The molecule has 26 heavy (non-hydrogen) atoms. The Kier molecular flexibility index (Phi) is 2.63. The maximum Gasteiger partial charge on any atom is 0.339 e. The zero-order valence-corrected chi connectivity index (χ0v) is 15.2. The Morgan fingerprint density at radius 2 is 2.00 bits per heavy atom. The highest BCUT2D eigenvalue weighted by Crippen LogP contribution is 2.61. The maximum absolute atomic E-state index is 13.6. The first kappa shape index (κ1) is 15.2. The summed E-state index contributed by atoms with van der Waals surface area (Å²) in [5, 5.41) is 13.6. The Morgan fingerprint density at radius 1 is 1.19 bits per heavy atom. The zero-order chi connectivity index (χ0) is 18.0. The molecule has 6 aliphatic rings. The van der Waals surface area contributed by atoms with Gasteiger partial charge in [-0.15, -0.1) is 5.76 Å². The Balaban J connectivity index is 1.74. The molecule has 1 unspecified atom stereocenters. The first-order valence-electron chi connectivity index (χ1n) is 9.90. The number of ketones is 1. The summed E-state index contributed by atoms with van der Waals surface area (Å²) in [5.74, 6) is 0.185. The molecule has 6 atom stereocenters. The smallest absolute Gasteiger partial charge is 0.339 e. The summed E-state index contributed by atoms with van der Waals surface area (Å²) in [7, 11) is 0. The number of nitrogens with one attached hydrogen (secondary N) is 1. The Labute approximate surface area is 152 Å². The average Bonchev–Trinajstić information content (AvgIpc) is 3.18. The van der Waals surface area contributed by atoms with E-state index < -0.39 is 5.97 Å². The molecule has 6 rings (SSSR count). The molecule has 0 amide bonds. The third-order valence-corrected chi connectivity index (χ3v) is 8.44. The molecule has 2 fully saturated rings. The highest BCUT2D eigenvalue weighted by Gasteiger charge is 2.67. The lowest BCUT2D eigenvalue weighted by atomic mass is 9.66. The van der Waals surface area contributed by atoms with Crippen LogP contribution in [0.5, 0.6) is 0 Å². The van der Waals surface area contributed by atoms with Crippen molar-refractivity contribution in [3.05, 3.63) is 33.6 Å². The number of cyclic esters (lactones) is 1. The molecule has 1 N–H and O–H groups in total. The van der Waals surface area contributed by atoms with Crippen molar-refractivity contribution in [2.24, 2.45) is 17.3 Å². The molecule has 0 aromatic carbocycles. The second-order valence-corrected chi connectivity index (χ2v) is 9.13. The number of allylic oxidation sites excluding steroid dienone is 1. The first-order valence-corrected chi connectivity index (χ1v) is 9.90. The molecule has 3 aliphatic carbocycles. The summed E-state index contributed by atoms with van der Waals surface area (Å²) < 4.78 is 5.31. The molecule has 5 heteroatoms. The largest absolute Gasteiger partial charge is 0.875 e. The van der Waals surface area contributed by atoms with Gasteiger partial charge in [-0.05, 0) is 37.0 Å². The Morgan fingerprint density at radius 3 is 2.81 bits per heavy atom. The van der Waals surface area contributed by atoms with Crippen LogP contribution in [0.2, 0.25) is 0 Å². The van der Waals surface area contributed by atoms with Gasteiger partial charge in [-0.2, -0.15) is 0 Å². The van der Waals surface area contributed by atoms with Crippen molar-refractivity contribution in [2.75, 3.05) is 13.2 Å². The van der Waals surface area contributed by atoms with Crippen LogP contribution in [0.4, 0.5) is 0 Å². The van der Waals surface area contributed by atoms with Gasteiger partial charge in [-0.3, -0.25) is 4.79 Å². The maximum atomic E-state index is 13.6. The molecule has 2 saturated heterocycles. The molecule has 0 aromatic rings. The minimum Gasteiger partial charge on any atom is -0.875 e. The van der Waals surface area contributed by atoms with Crippen LogP contribution in [0.1, 0.15) is 39.5 Å². The number of ether oxygens (including phenoxy) is 1. The zero-order valence-electron chi connectivity index (χ0n) is 15.2. The third-order valence-electron chi connectivity index (χ3n) is 8.44. The van der Waals surface area contributed by atoms with Crippen molar-refractivity contribution in [1.82, 2.24) is 0 Å². The number of esters is 1. The summed E-state index contributed by atoms with van der Waals surface area (Å²) in [6, 6.07) is 0.663. The summed E-state index contributed by atoms with van der Waals surface area (Å²) in [6.45, 7) is 5.82. The number of hydrogen-bond acceptors (Lipinski definition) is 4. The van der Waals surface area contributed by atoms with E-state index in [9.17, 15) is 14.7 Å². The van der Waals surface area contributed by atoms with E-state index in [4.69, 9.17) is 4.74 Å². The van der Waals surface area contributed by atoms with Crippen LogP contribution in [-0.2, 0) is 14.3 Å². The predicted molar refractivity (Wildman–Crippen MR) is 89.7 cm³/mol. The van der Waals surface area contributed by atoms with Crippen LogP contribution in [0.25, 0.3) is 0 Å². The minimum atomic E-state index is -0.400. The van der Waals surface area contributed by atoms with Crippen molar-refractivity contribution in [3.63, 3.8) is 0 Å². The SMILES string of the molecule is C[C@@H]1[C@@H]2C[C@@H]3[NH+]1C[C@@H]1CCC(=O)C4=C(C(=C2[O-])C2=C4CCOC2=O)[C@@]13C. The van der Waals surface area contributed by atoms with Crippen LogP contribution in [0.15, 0.2) is 33.6 Å². The molecular weight excluding hydrogens is 330 g/mol. The summed E-state index contributed by atoms with van der Waals surface area (Å²) >= 11 is 0. The van der Waals surface area contributed by atoms with Crippen molar-refractivity contribution < 1.29 is 24.3 Å². The molecule has 3 aliphatic heterocycles. The normalized spacial score (nSPS) is 45.8. The van der Waals surface area contributed by atoms with E-state index in [0.29, 0.717) is 42.6 Å². The van der Waals surface area contributed by atoms with E-state index in [1.807, 2.05) is 0 Å². The van der Waals surface area contributed by atoms with Gasteiger partial charge in [-0.1, -0.05) is 0 Å². The van der Waals surface area contributed by atoms with Gasteiger partial charge in [0.2, 0.25) is 0 Å². The molecule has 0 spiro atoms. The van der Waals surface area contributed by atoms with Crippen LogP contribution < -0.4 is 10.0 Å². The molecule has 136 valence electrons. The number of carbonyl (C=O) groups excluding carboxylic acids is 2. The van der Waals surface area contributed by atoms with Crippen molar-refractivity contribution in [1.29, 1.82) is 0 Å². The fourth-order valence-electron chi connectivity index (χ4n) is 7.22. The van der Waals surface area contributed by atoms with E-state index in [0.717, 1.165) is 36.1 Å². The monoisotopic (exact) mass is 353 g/mol. The van der Waals surface area contributed by atoms with Crippen LogP contribution >= 0.6 is 0 Å². The van der Waals surface area contributed by atoms with E-state index in [-0.39, 0.29) is 28.9 Å². The predicted octanol–water partition coefficient (Wildman–Crippen LogP) is -0.171. The van der Waals surface area contributed by atoms with Gasteiger partial charge in [-0.25, -0.2) is 4.79 Å². The lowest BCUT2D eigenvalue weighted by Gasteiger charge is -2.36. The second kappa shape index (κ2) is 4.50. The lowest BCUT2D eigenvalue weighted by molar-refractivity contribution is -0.927. The summed E-state index contributed by atoms with van der Waals surface area (Å²) in [6.07, 6.45) is 2.87. The number of fused-ring (bicyclic) bond motifs is 3. The van der Waals surface area contributed by atoms with E-state index >= 15 is 0 Å². The minimum absolute atomic E-state index is 0.0415. The van der Waals surface area contributed by atoms with Crippen LogP contribution in [0.3, 0.4) is 0 Å². The third kappa shape index (κ3) is 1.43. The first-order chi connectivity index (χ1) is 12.4. The van der Waals surface area contributed by atoms with Gasteiger partial charge in [0.05, 0.1) is 36.2 Å². The van der Waals surface area contributed by atoms with Crippen molar-refractivity contribution >= 4 is 11.8 Å². The van der Waals surface area contributed by atoms with Crippen molar-refractivity contribution in [3.8, 4) is 0 Å². The van der Waals surface area contributed by atoms with E-state index in [1.165, 1.54) is 0 Å². The molecule has 5 nitrogen and oxygen atoms in total. The summed E-state index contributed by atoms with van der Waals surface area (Å²) in [4.78, 5) is 27.3. The van der Waals surface area contributed by atoms with Crippen molar-refractivity contribution in [2.45, 2.75) is 51.6 Å². The number of Topliss-reactive ketones (excluding diaryl/α,β-unsaturated/α-hetero) is 1. The van der Waals surface area contributed by atoms with E-state index in [1.54, 1.807) is 4.90 Å². The van der Waals surface area contributed by atoms with Gasteiger partial charge < -0.3 is 14.7 Å². The average molecular weight is 353 g/mol. The van der Waals surface area contributed by atoms with Crippen LogP contribution in [-0.4, -0.2) is 37.0 Å². The second-order valence-electron chi connectivity index (χ2n) is 9.13. The number of hydrogen-bond donors (Lipinski definition) is 1. The molecule has 0 saturated carbocycles. The topological polar surface area (TPSA) is 70.9 Å². The Bertz CT molecular complexity index is 894. The number of carbonyl (C=O) groups is 2. The Hall–Kier alpha value is -1.88. The molecular formula is C21H23NO4. The van der Waals surface area contributed by atoms with Gasteiger partial charge in [0.25, 0.3) is 0 Å². The quantitative estimate of drug-likeness (QED) is 0.614. The highest BCUT2D eigenvalue weighted by atomic mass is 16.5. The van der Waals surface area contributed by atoms with E-state index in [2.05, 4.69) is 13.8 Å².